The minimum atomic E-state index is 0.544. The number of nitrogens with zero attached hydrogens (tertiary/aromatic N) is 3. The Bertz CT molecular complexity index is 603. The molecule has 0 bridgehead atoms. The van der Waals surface area contributed by atoms with E-state index in [1.54, 1.807) is 6.26 Å². The zero-order valence-corrected chi connectivity index (χ0v) is 13.7. The van der Waals surface area contributed by atoms with Crippen LogP contribution in [0.4, 0.5) is 0 Å². The monoisotopic (exact) mass is 311 g/mol. The Morgan fingerprint density at radius 3 is 2.52 bits per heavy atom. The zero-order chi connectivity index (χ0) is 15.5. The van der Waals surface area contributed by atoms with E-state index >= 15 is 0 Å². The molecule has 0 N–H and O–H groups in total. The summed E-state index contributed by atoms with van der Waals surface area (Å²) < 4.78 is 5.48. The first-order chi connectivity index (χ1) is 11.3. The number of piperidine rings is 1. The van der Waals surface area contributed by atoms with E-state index in [0.29, 0.717) is 5.41 Å². The first-order valence-electron chi connectivity index (χ1n) is 8.67. The summed E-state index contributed by atoms with van der Waals surface area (Å²) >= 11 is 0. The van der Waals surface area contributed by atoms with Gasteiger partial charge in [-0.25, -0.2) is 0 Å². The van der Waals surface area contributed by atoms with E-state index in [1.165, 1.54) is 51.0 Å². The predicted molar refractivity (Wildman–Crippen MR) is 89.8 cm³/mol. The zero-order valence-electron chi connectivity index (χ0n) is 13.7. The second-order valence-corrected chi connectivity index (χ2v) is 7.18. The highest BCUT2D eigenvalue weighted by Crippen LogP contribution is 2.41. The van der Waals surface area contributed by atoms with Crippen molar-refractivity contribution in [3.05, 3.63) is 54.2 Å². The van der Waals surface area contributed by atoms with Crippen LogP contribution in [0.5, 0.6) is 0 Å². The van der Waals surface area contributed by atoms with Crippen LogP contribution in [0.2, 0.25) is 0 Å². The van der Waals surface area contributed by atoms with Gasteiger partial charge in [0.05, 0.1) is 12.8 Å². The Kier molecular flexibility index (Phi) is 4.19. The number of rotatable bonds is 4. The van der Waals surface area contributed by atoms with Crippen molar-refractivity contribution in [3.8, 4) is 0 Å². The maximum atomic E-state index is 5.48. The van der Waals surface area contributed by atoms with Gasteiger partial charge in [0.15, 0.2) is 0 Å². The van der Waals surface area contributed by atoms with Crippen molar-refractivity contribution in [1.29, 1.82) is 0 Å². The van der Waals surface area contributed by atoms with Crippen LogP contribution >= 0.6 is 0 Å². The van der Waals surface area contributed by atoms with Crippen LogP contribution in [0.15, 0.2) is 47.3 Å². The molecule has 122 valence electrons. The van der Waals surface area contributed by atoms with Crippen LogP contribution in [0.1, 0.15) is 30.6 Å². The summed E-state index contributed by atoms with van der Waals surface area (Å²) in [6, 6.07) is 8.28. The highest BCUT2D eigenvalue weighted by Gasteiger charge is 2.40. The molecule has 0 unspecified atom stereocenters. The summed E-state index contributed by atoms with van der Waals surface area (Å²) in [5.74, 6) is 1.09. The highest BCUT2D eigenvalue weighted by molar-refractivity contribution is 5.09. The molecule has 4 rings (SSSR count). The number of hydrogen-bond donors (Lipinski definition) is 0. The first kappa shape index (κ1) is 14.9. The molecule has 0 atom stereocenters. The molecule has 2 aliphatic heterocycles. The van der Waals surface area contributed by atoms with Gasteiger partial charge in [-0.1, -0.05) is 6.07 Å². The van der Waals surface area contributed by atoms with E-state index in [9.17, 15) is 0 Å². The van der Waals surface area contributed by atoms with Gasteiger partial charge >= 0.3 is 0 Å². The normalized spacial score (nSPS) is 21.9. The SMILES string of the molecule is c1cncc(CN2CCC3(CCN(Cc4ccco4)CC3)C2)c1. The Hall–Kier alpha value is -1.65. The van der Waals surface area contributed by atoms with Crippen LogP contribution in [0.3, 0.4) is 0 Å². The molecule has 2 saturated heterocycles. The summed E-state index contributed by atoms with van der Waals surface area (Å²) in [4.78, 5) is 9.38. The molecule has 0 saturated carbocycles. The van der Waals surface area contributed by atoms with Crippen LogP contribution < -0.4 is 0 Å². The lowest BCUT2D eigenvalue weighted by molar-refractivity contribution is 0.0969. The van der Waals surface area contributed by atoms with Gasteiger partial charge in [0, 0.05) is 25.5 Å². The minimum absolute atomic E-state index is 0.544. The fraction of sp³-hybridized carbons (Fsp3) is 0.526. The average Bonchev–Trinajstić information content (AvgIpc) is 3.22. The number of hydrogen-bond acceptors (Lipinski definition) is 4. The van der Waals surface area contributed by atoms with Crippen LogP contribution in [0.25, 0.3) is 0 Å². The molecule has 4 nitrogen and oxygen atoms in total. The van der Waals surface area contributed by atoms with Gasteiger partial charge in [0.1, 0.15) is 5.76 Å². The molecule has 2 fully saturated rings. The highest BCUT2D eigenvalue weighted by atomic mass is 16.3. The molecule has 2 aliphatic rings. The molecule has 4 heteroatoms. The van der Waals surface area contributed by atoms with E-state index in [2.05, 4.69) is 26.9 Å². The summed E-state index contributed by atoms with van der Waals surface area (Å²) in [5, 5.41) is 0. The van der Waals surface area contributed by atoms with Crippen molar-refractivity contribution in [2.24, 2.45) is 5.41 Å². The van der Waals surface area contributed by atoms with E-state index in [-0.39, 0.29) is 0 Å². The van der Waals surface area contributed by atoms with Crippen molar-refractivity contribution in [2.75, 3.05) is 26.2 Å². The maximum absolute atomic E-state index is 5.48. The van der Waals surface area contributed by atoms with Gasteiger partial charge in [0.25, 0.3) is 0 Å². The third kappa shape index (κ3) is 3.48. The summed E-state index contributed by atoms with van der Waals surface area (Å²) in [7, 11) is 0. The van der Waals surface area contributed by atoms with Crippen molar-refractivity contribution in [2.45, 2.75) is 32.4 Å². The topological polar surface area (TPSA) is 32.5 Å². The minimum Gasteiger partial charge on any atom is -0.468 e. The fourth-order valence-corrected chi connectivity index (χ4v) is 4.13. The number of pyridine rings is 1. The van der Waals surface area contributed by atoms with Gasteiger partial charge in [0.2, 0.25) is 0 Å². The summed E-state index contributed by atoms with van der Waals surface area (Å²) in [5.41, 5.74) is 1.88. The molecule has 0 aliphatic carbocycles. The standard InChI is InChI=1S/C19H25N3O/c1-3-17(13-20-8-1)14-22-11-7-19(16-22)5-9-21(10-6-19)15-18-4-2-12-23-18/h1-4,8,12-13H,5-7,9-11,14-16H2. The first-order valence-corrected chi connectivity index (χ1v) is 8.67. The second-order valence-electron chi connectivity index (χ2n) is 7.18. The predicted octanol–water partition coefficient (Wildman–Crippen LogP) is 3.16. The quantitative estimate of drug-likeness (QED) is 0.868. The molecule has 0 radical (unpaired) electrons. The molecule has 2 aromatic rings. The average molecular weight is 311 g/mol. The van der Waals surface area contributed by atoms with Crippen molar-refractivity contribution < 1.29 is 4.42 Å². The van der Waals surface area contributed by atoms with Crippen LogP contribution in [-0.4, -0.2) is 41.0 Å². The molecule has 0 aromatic carbocycles. The molecular formula is C19H25N3O. The molecule has 4 heterocycles. The Morgan fingerprint density at radius 1 is 1.00 bits per heavy atom. The number of aromatic nitrogens is 1. The summed E-state index contributed by atoms with van der Waals surface area (Å²) in [6.07, 6.45) is 9.60. The maximum Gasteiger partial charge on any atom is 0.117 e. The van der Waals surface area contributed by atoms with Gasteiger partial charge in [-0.05, 0) is 68.1 Å². The lowest BCUT2D eigenvalue weighted by Gasteiger charge is -2.39. The van der Waals surface area contributed by atoms with E-state index in [1.807, 2.05) is 24.5 Å². The number of likely N-dealkylation sites (tertiary alicyclic amines) is 2. The van der Waals surface area contributed by atoms with E-state index < -0.39 is 0 Å². The van der Waals surface area contributed by atoms with E-state index in [0.717, 1.165) is 18.8 Å². The molecular weight excluding hydrogens is 286 g/mol. The van der Waals surface area contributed by atoms with Gasteiger partial charge < -0.3 is 4.42 Å². The third-order valence-corrected chi connectivity index (χ3v) is 5.52. The van der Waals surface area contributed by atoms with Gasteiger partial charge in [-0.3, -0.25) is 14.8 Å². The lowest BCUT2D eigenvalue weighted by atomic mass is 9.78. The lowest BCUT2D eigenvalue weighted by Crippen LogP contribution is -2.41. The van der Waals surface area contributed by atoms with Gasteiger partial charge in [-0.2, -0.15) is 0 Å². The van der Waals surface area contributed by atoms with E-state index in [4.69, 9.17) is 4.42 Å². The van der Waals surface area contributed by atoms with Gasteiger partial charge in [-0.15, -0.1) is 0 Å². The van der Waals surface area contributed by atoms with Crippen molar-refractivity contribution in [1.82, 2.24) is 14.8 Å². The molecule has 0 amide bonds. The Morgan fingerprint density at radius 2 is 1.83 bits per heavy atom. The molecule has 1 spiro atoms. The fourth-order valence-electron chi connectivity index (χ4n) is 4.13. The van der Waals surface area contributed by atoms with Crippen LogP contribution in [0, 0.1) is 5.41 Å². The Labute approximate surface area is 138 Å². The van der Waals surface area contributed by atoms with Crippen molar-refractivity contribution >= 4 is 0 Å². The Balaban J connectivity index is 1.29. The summed E-state index contributed by atoms with van der Waals surface area (Å²) in [6.45, 7) is 6.88. The second kappa shape index (κ2) is 6.46. The van der Waals surface area contributed by atoms with Crippen molar-refractivity contribution in [3.63, 3.8) is 0 Å². The smallest absolute Gasteiger partial charge is 0.117 e. The molecule has 23 heavy (non-hydrogen) atoms. The third-order valence-electron chi connectivity index (χ3n) is 5.52. The number of furan rings is 1. The van der Waals surface area contributed by atoms with Crippen LogP contribution in [-0.2, 0) is 13.1 Å². The molecule has 2 aromatic heterocycles. The largest absolute Gasteiger partial charge is 0.468 e.